The maximum absolute atomic E-state index is 4.53. The monoisotopic (exact) mass is 388 g/mol. The predicted octanol–water partition coefficient (Wildman–Crippen LogP) is 5.97. The minimum absolute atomic E-state index is 0.882. The van der Waals surface area contributed by atoms with Gasteiger partial charge in [0.25, 0.3) is 0 Å². The van der Waals surface area contributed by atoms with Crippen molar-refractivity contribution in [3.05, 3.63) is 33.5 Å². The van der Waals surface area contributed by atoms with E-state index in [-0.39, 0.29) is 0 Å². The third-order valence-electron chi connectivity index (χ3n) is 3.15. The smallest absolute Gasteiger partial charge is 0.136 e. The quantitative estimate of drug-likeness (QED) is 0.501. The average Bonchev–Trinajstić information content (AvgIpc) is 2.64. The van der Waals surface area contributed by atoms with Crippen LogP contribution in [0.4, 0.5) is 0 Å². The Kier molecular flexibility index (Phi) is 7.08. The standard InChI is InChI=1S/C15H22Br2N2/c1-5-8-12(4)13-14(16)18-19(15(13)17)10-7-9-11(3)6-2/h3-10H2,1-2H3. The molecule has 0 aromatic carbocycles. The molecule has 19 heavy (non-hydrogen) atoms. The number of hydrogen-bond donors (Lipinski definition) is 0. The van der Waals surface area contributed by atoms with Crippen LogP contribution >= 0.6 is 31.9 Å². The molecule has 0 spiro atoms. The topological polar surface area (TPSA) is 17.8 Å². The van der Waals surface area contributed by atoms with Crippen molar-refractivity contribution in [3.63, 3.8) is 0 Å². The molecule has 1 aromatic rings. The van der Waals surface area contributed by atoms with Crippen LogP contribution in [0.25, 0.3) is 5.57 Å². The fraction of sp³-hybridized carbons (Fsp3) is 0.533. The molecule has 0 saturated carbocycles. The lowest BCUT2D eigenvalue weighted by molar-refractivity contribution is 0.562. The summed E-state index contributed by atoms with van der Waals surface area (Å²) in [5.41, 5.74) is 3.54. The Morgan fingerprint density at radius 2 is 1.89 bits per heavy atom. The molecule has 0 atom stereocenters. The highest BCUT2D eigenvalue weighted by Gasteiger charge is 2.16. The van der Waals surface area contributed by atoms with E-state index in [2.05, 4.69) is 64.0 Å². The van der Waals surface area contributed by atoms with E-state index in [4.69, 9.17) is 0 Å². The zero-order chi connectivity index (χ0) is 14.4. The second kappa shape index (κ2) is 8.05. The first kappa shape index (κ1) is 16.7. The average molecular weight is 390 g/mol. The molecule has 0 aliphatic heterocycles. The van der Waals surface area contributed by atoms with Crippen molar-refractivity contribution < 1.29 is 0 Å². The van der Waals surface area contributed by atoms with Crippen LogP contribution in [0.15, 0.2) is 27.9 Å². The van der Waals surface area contributed by atoms with Gasteiger partial charge in [-0.05, 0) is 63.1 Å². The van der Waals surface area contributed by atoms with Crippen LogP contribution in [-0.2, 0) is 6.54 Å². The van der Waals surface area contributed by atoms with Crippen LogP contribution in [0, 0.1) is 0 Å². The molecule has 1 aromatic heterocycles. The van der Waals surface area contributed by atoms with Crippen molar-refractivity contribution in [2.45, 2.75) is 52.5 Å². The van der Waals surface area contributed by atoms with Gasteiger partial charge >= 0.3 is 0 Å². The first-order chi connectivity index (χ1) is 9.01. The van der Waals surface area contributed by atoms with Crippen LogP contribution < -0.4 is 0 Å². The van der Waals surface area contributed by atoms with Gasteiger partial charge in [-0.15, -0.1) is 0 Å². The Morgan fingerprint density at radius 1 is 1.21 bits per heavy atom. The molecule has 0 saturated heterocycles. The van der Waals surface area contributed by atoms with E-state index in [1.807, 2.05) is 4.68 Å². The number of nitrogens with zero attached hydrogens (tertiary/aromatic N) is 2. The normalized spacial score (nSPS) is 10.7. The van der Waals surface area contributed by atoms with E-state index in [1.165, 1.54) is 5.57 Å². The molecular weight excluding hydrogens is 368 g/mol. The summed E-state index contributed by atoms with van der Waals surface area (Å²) >= 11 is 7.18. The molecule has 0 aliphatic rings. The van der Waals surface area contributed by atoms with Crippen molar-refractivity contribution in [2.75, 3.05) is 0 Å². The van der Waals surface area contributed by atoms with Crippen LogP contribution in [0.1, 0.15) is 51.5 Å². The summed E-state index contributed by atoms with van der Waals surface area (Å²) in [6.07, 6.45) is 5.28. The van der Waals surface area contributed by atoms with E-state index in [9.17, 15) is 0 Å². The molecule has 0 radical (unpaired) electrons. The highest BCUT2D eigenvalue weighted by molar-refractivity contribution is 9.11. The molecule has 106 valence electrons. The number of allylic oxidation sites excluding steroid dienone is 2. The number of hydrogen-bond acceptors (Lipinski definition) is 1. The minimum Gasteiger partial charge on any atom is -0.257 e. The van der Waals surface area contributed by atoms with E-state index >= 15 is 0 Å². The van der Waals surface area contributed by atoms with Gasteiger partial charge in [0.1, 0.15) is 9.21 Å². The molecule has 1 heterocycles. The molecule has 0 fully saturated rings. The Bertz CT molecular complexity index is 461. The summed E-state index contributed by atoms with van der Waals surface area (Å²) < 4.78 is 3.91. The van der Waals surface area contributed by atoms with Gasteiger partial charge in [0, 0.05) is 12.1 Å². The van der Waals surface area contributed by atoms with Crippen LogP contribution in [0.3, 0.4) is 0 Å². The lowest BCUT2D eigenvalue weighted by Gasteiger charge is -2.06. The van der Waals surface area contributed by atoms with Crippen molar-refractivity contribution >= 4 is 37.4 Å². The minimum atomic E-state index is 0.882. The van der Waals surface area contributed by atoms with Crippen LogP contribution in [0.5, 0.6) is 0 Å². The van der Waals surface area contributed by atoms with Crippen molar-refractivity contribution in [3.8, 4) is 0 Å². The third-order valence-corrected chi connectivity index (χ3v) is 4.51. The first-order valence-corrected chi connectivity index (χ1v) is 8.36. The zero-order valence-electron chi connectivity index (χ0n) is 11.8. The second-order valence-electron chi connectivity index (χ2n) is 4.74. The highest BCUT2D eigenvalue weighted by atomic mass is 79.9. The van der Waals surface area contributed by atoms with Crippen molar-refractivity contribution in [1.82, 2.24) is 9.78 Å². The number of halogens is 2. The van der Waals surface area contributed by atoms with E-state index in [0.29, 0.717) is 0 Å². The molecule has 0 bridgehead atoms. The lowest BCUT2D eigenvalue weighted by Crippen LogP contribution is -2.01. The molecule has 1 rings (SSSR count). The lowest BCUT2D eigenvalue weighted by atomic mass is 10.1. The van der Waals surface area contributed by atoms with Crippen molar-refractivity contribution in [1.29, 1.82) is 0 Å². The van der Waals surface area contributed by atoms with Gasteiger partial charge in [-0.3, -0.25) is 4.68 Å². The number of aryl methyl sites for hydroxylation is 1. The van der Waals surface area contributed by atoms with E-state index < -0.39 is 0 Å². The number of aromatic nitrogens is 2. The summed E-state index contributed by atoms with van der Waals surface area (Å²) in [5.74, 6) is 0. The van der Waals surface area contributed by atoms with Gasteiger partial charge < -0.3 is 0 Å². The third kappa shape index (κ3) is 4.60. The van der Waals surface area contributed by atoms with Gasteiger partial charge in [-0.2, -0.15) is 5.10 Å². The number of rotatable bonds is 8. The highest BCUT2D eigenvalue weighted by Crippen LogP contribution is 2.33. The van der Waals surface area contributed by atoms with Gasteiger partial charge in [0.2, 0.25) is 0 Å². The molecular formula is C15H22Br2N2. The van der Waals surface area contributed by atoms with Gasteiger partial charge in [-0.1, -0.05) is 39.0 Å². The fourth-order valence-electron chi connectivity index (χ4n) is 1.94. The molecule has 0 aliphatic carbocycles. The summed E-state index contributed by atoms with van der Waals surface area (Å²) in [6, 6.07) is 0. The first-order valence-electron chi connectivity index (χ1n) is 6.77. The van der Waals surface area contributed by atoms with Crippen LogP contribution in [0.2, 0.25) is 0 Å². The zero-order valence-corrected chi connectivity index (χ0v) is 15.0. The van der Waals surface area contributed by atoms with Gasteiger partial charge in [0.15, 0.2) is 0 Å². The SMILES string of the molecule is C=C(CC)CCCn1nc(Br)c(C(=C)CCC)c1Br. The van der Waals surface area contributed by atoms with Crippen molar-refractivity contribution in [2.24, 2.45) is 0 Å². The maximum atomic E-state index is 4.53. The summed E-state index contributed by atoms with van der Waals surface area (Å²) in [4.78, 5) is 0. The van der Waals surface area contributed by atoms with Gasteiger partial charge in [0.05, 0.1) is 0 Å². The Balaban J connectivity index is 2.73. The molecule has 2 nitrogen and oxygen atoms in total. The molecule has 4 heteroatoms. The maximum Gasteiger partial charge on any atom is 0.136 e. The Labute approximate surface area is 133 Å². The summed E-state index contributed by atoms with van der Waals surface area (Å²) in [5, 5.41) is 4.53. The largest absolute Gasteiger partial charge is 0.257 e. The second-order valence-corrected chi connectivity index (χ2v) is 6.24. The molecule has 0 unspecified atom stereocenters. The summed E-state index contributed by atoms with van der Waals surface area (Å²) in [6.45, 7) is 13.4. The Hall–Kier alpha value is -0.350. The molecule has 0 amide bonds. The van der Waals surface area contributed by atoms with Crippen LogP contribution in [-0.4, -0.2) is 9.78 Å². The fourth-order valence-corrected chi connectivity index (χ4v) is 3.59. The van der Waals surface area contributed by atoms with E-state index in [0.717, 1.165) is 59.0 Å². The Morgan fingerprint density at radius 3 is 2.47 bits per heavy atom. The van der Waals surface area contributed by atoms with Gasteiger partial charge in [-0.25, -0.2) is 0 Å². The van der Waals surface area contributed by atoms with E-state index in [1.54, 1.807) is 0 Å². The molecule has 0 N–H and O–H groups in total. The summed E-state index contributed by atoms with van der Waals surface area (Å²) in [7, 11) is 0. The predicted molar refractivity (Wildman–Crippen MR) is 90.2 cm³/mol.